The molecule has 29 heavy (non-hydrogen) atoms. The van der Waals surface area contributed by atoms with Crippen molar-refractivity contribution >= 4 is 29.6 Å². The van der Waals surface area contributed by atoms with E-state index >= 15 is 0 Å². The maximum absolute atomic E-state index is 13.9. The van der Waals surface area contributed by atoms with E-state index in [0.717, 1.165) is 0 Å². The topological polar surface area (TPSA) is 114 Å². The normalized spacial score (nSPS) is 19.0. The van der Waals surface area contributed by atoms with Gasteiger partial charge in [0.25, 0.3) is 0 Å². The largest absolute Gasteiger partial charge is 0.463 e. The van der Waals surface area contributed by atoms with Crippen LogP contribution in [0.2, 0.25) is 0 Å². The Bertz CT molecular complexity index is 884. The van der Waals surface area contributed by atoms with Crippen LogP contribution in [-0.2, 0) is 23.9 Å². The number of nitrogens with one attached hydrogen (secondary N) is 2. The molecule has 1 fully saturated rings. The fraction of sp³-hybridized carbons (Fsp3) is 0.368. The van der Waals surface area contributed by atoms with E-state index in [-0.39, 0.29) is 49.7 Å². The van der Waals surface area contributed by atoms with E-state index in [4.69, 9.17) is 9.47 Å². The highest BCUT2D eigenvalue weighted by Gasteiger charge is 2.37. The lowest BCUT2D eigenvalue weighted by Crippen LogP contribution is -2.45. The summed E-state index contributed by atoms with van der Waals surface area (Å²) in [6.45, 7) is 1.37. The molecule has 0 radical (unpaired) electrons. The Labute approximate surface area is 165 Å². The van der Waals surface area contributed by atoms with E-state index < -0.39 is 35.6 Å². The van der Waals surface area contributed by atoms with Gasteiger partial charge in [-0.3, -0.25) is 9.59 Å². The molecule has 2 aliphatic rings. The highest BCUT2D eigenvalue weighted by Crippen LogP contribution is 2.28. The minimum atomic E-state index is -0.786. The van der Waals surface area contributed by atoms with Gasteiger partial charge in [0.1, 0.15) is 12.4 Å². The van der Waals surface area contributed by atoms with E-state index in [2.05, 4.69) is 10.6 Å². The fourth-order valence-electron chi connectivity index (χ4n) is 3.10. The van der Waals surface area contributed by atoms with Gasteiger partial charge in [-0.15, -0.1) is 0 Å². The molecule has 2 heterocycles. The summed E-state index contributed by atoms with van der Waals surface area (Å²) >= 11 is 0. The molecule has 0 aliphatic carbocycles. The predicted octanol–water partition coefficient (Wildman–Crippen LogP) is 0.852. The number of amides is 3. The number of rotatable bonds is 6. The van der Waals surface area contributed by atoms with Crippen molar-refractivity contribution in [2.75, 3.05) is 31.2 Å². The molecule has 1 aromatic rings. The van der Waals surface area contributed by atoms with E-state index in [1.807, 2.05) is 0 Å². The summed E-state index contributed by atoms with van der Waals surface area (Å²) < 4.78 is 24.1. The van der Waals surface area contributed by atoms with E-state index in [1.54, 1.807) is 13.0 Å². The lowest BCUT2D eigenvalue weighted by atomic mass is 10.1. The first kappa shape index (κ1) is 20.3. The van der Waals surface area contributed by atoms with Crippen molar-refractivity contribution in [2.24, 2.45) is 5.92 Å². The number of nitrogens with zero attached hydrogens (tertiary/aromatic N) is 1. The maximum atomic E-state index is 13.9. The Kier molecular flexibility index (Phi) is 6.10. The van der Waals surface area contributed by atoms with Crippen LogP contribution in [0.3, 0.4) is 0 Å². The Morgan fingerprint density at radius 3 is 2.72 bits per heavy atom. The summed E-state index contributed by atoms with van der Waals surface area (Å²) in [5, 5.41) is 4.87. The number of halogens is 1. The van der Waals surface area contributed by atoms with Crippen molar-refractivity contribution < 1.29 is 33.0 Å². The molecule has 0 spiro atoms. The molecule has 1 aromatic carbocycles. The number of para-hydroxylation sites is 1. The summed E-state index contributed by atoms with van der Waals surface area (Å²) in [6.07, 6.45) is -0.120. The molecule has 9 nitrogen and oxygen atoms in total. The van der Waals surface area contributed by atoms with Crippen LogP contribution in [-0.4, -0.2) is 50.2 Å². The summed E-state index contributed by atoms with van der Waals surface area (Å²) in [5.74, 6) is -3.05. The monoisotopic (exact) mass is 405 g/mol. The highest BCUT2D eigenvalue weighted by molar-refractivity contribution is 5.99. The number of hydrogen-bond donors (Lipinski definition) is 2. The molecule has 154 valence electrons. The Morgan fingerprint density at radius 2 is 2.00 bits per heavy atom. The smallest absolute Gasteiger partial charge is 0.337 e. The standard InChI is InChI=1S/C19H20FN3O6/c1-2-28-18(26)12-8-21-19(27)22-14(12)10-29-17(25)11-7-16(24)23(9-11)15-6-4-3-5-13(15)20/h3-6,11H,2,7-10H2,1H3,(H2,21,22,27)/t11-/m0/s1. The van der Waals surface area contributed by atoms with Gasteiger partial charge in [-0.1, -0.05) is 12.1 Å². The first-order chi connectivity index (χ1) is 13.9. The SMILES string of the molecule is CCOC(=O)C1=C(COC(=O)[C@H]2CC(=O)N(c3ccccc3F)C2)NC(=O)NC1. The molecule has 0 saturated carbocycles. The summed E-state index contributed by atoms with van der Waals surface area (Å²) in [5.41, 5.74) is 0.372. The Morgan fingerprint density at radius 1 is 1.24 bits per heavy atom. The van der Waals surface area contributed by atoms with Gasteiger partial charge in [-0.25, -0.2) is 14.0 Å². The van der Waals surface area contributed by atoms with Crippen LogP contribution in [0.15, 0.2) is 35.5 Å². The molecule has 2 aliphatic heterocycles. The molecule has 2 N–H and O–H groups in total. The van der Waals surface area contributed by atoms with Crippen LogP contribution in [0.25, 0.3) is 0 Å². The fourth-order valence-corrected chi connectivity index (χ4v) is 3.10. The number of urea groups is 1. The zero-order chi connectivity index (χ0) is 21.0. The zero-order valence-electron chi connectivity index (χ0n) is 15.7. The van der Waals surface area contributed by atoms with Crippen molar-refractivity contribution in [3.63, 3.8) is 0 Å². The molecular formula is C19H20FN3O6. The summed E-state index contributed by atoms with van der Waals surface area (Å²) in [6, 6.07) is 5.26. The second-order valence-electron chi connectivity index (χ2n) is 6.45. The lowest BCUT2D eigenvalue weighted by Gasteiger charge is -2.21. The second kappa shape index (κ2) is 8.72. The predicted molar refractivity (Wildman–Crippen MR) is 98.0 cm³/mol. The van der Waals surface area contributed by atoms with Crippen LogP contribution in [0, 0.1) is 11.7 Å². The van der Waals surface area contributed by atoms with Crippen LogP contribution < -0.4 is 15.5 Å². The van der Waals surface area contributed by atoms with Gasteiger partial charge < -0.3 is 25.0 Å². The number of carbonyl (C=O) groups is 4. The van der Waals surface area contributed by atoms with Crippen LogP contribution in [0.1, 0.15) is 13.3 Å². The molecule has 10 heteroatoms. The molecular weight excluding hydrogens is 385 g/mol. The molecule has 0 aromatic heterocycles. The van der Waals surface area contributed by atoms with Gasteiger partial charge in [0.05, 0.1) is 36.0 Å². The molecule has 1 atom stereocenters. The summed E-state index contributed by atoms with van der Waals surface area (Å²) in [4.78, 5) is 49.4. The number of hydrogen-bond acceptors (Lipinski definition) is 6. The van der Waals surface area contributed by atoms with Gasteiger partial charge in [-0.05, 0) is 19.1 Å². The maximum Gasteiger partial charge on any atom is 0.337 e. The second-order valence-corrected chi connectivity index (χ2v) is 6.45. The lowest BCUT2D eigenvalue weighted by molar-refractivity contribution is -0.147. The van der Waals surface area contributed by atoms with Gasteiger partial charge in [0, 0.05) is 13.0 Å². The average Bonchev–Trinajstić information content (AvgIpc) is 3.08. The van der Waals surface area contributed by atoms with Crippen LogP contribution in [0.5, 0.6) is 0 Å². The Hall–Kier alpha value is -3.43. The third kappa shape index (κ3) is 4.53. The van der Waals surface area contributed by atoms with Crippen molar-refractivity contribution in [3.8, 4) is 0 Å². The molecule has 3 rings (SSSR count). The van der Waals surface area contributed by atoms with Crippen LogP contribution in [0.4, 0.5) is 14.9 Å². The third-order valence-electron chi connectivity index (χ3n) is 4.54. The quantitative estimate of drug-likeness (QED) is 0.679. The van der Waals surface area contributed by atoms with E-state index in [1.165, 1.54) is 23.1 Å². The van der Waals surface area contributed by atoms with Crippen molar-refractivity contribution in [3.05, 3.63) is 41.4 Å². The number of benzene rings is 1. The number of ether oxygens (including phenoxy) is 2. The van der Waals surface area contributed by atoms with Gasteiger partial charge in [0.15, 0.2) is 0 Å². The van der Waals surface area contributed by atoms with Gasteiger partial charge in [-0.2, -0.15) is 0 Å². The van der Waals surface area contributed by atoms with Gasteiger partial charge >= 0.3 is 18.0 Å². The summed E-state index contributed by atoms with van der Waals surface area (Å²) in [7, 11) is 0. The van der Waals surface area contributed by atoms with Gasteiger partial charge in [0.2, 0.25) is 5.91 Å². The number of carbonyl (C=O) groups excluding carboxylic acids is 4. The highest BCUT2D eigenvalue weighted by atomic mass is 19.1. The molecule has 0 bridgehead atoms. The van der Waals surface area contributed by atoms with Crippen molar-refractivity contribution in [1.29, 1.82) is 0 Å². The number of esters is 2. The van der Waals surface area contributed by atoms with Crippen molar-refractivity contribution in [1.82, 2.24) is 10.6 Å². The first-order valence-electron chi connectivity index (χ1n) is 9.06. The van der Waals surface area contributed by atoms with E-state index in [0.29, 0.717) is 0 Å². The Balaban J connectivity index is 1.66. The minimum Gasteiger partial charge on any atom is -0.463 e. The zero-order valence-corrected chi connectivity index (χ0v) is 15.7. The van der Waals surface area contributed by atoms with E-state index in [9.17, 15) is 23.6 Å². The minimum absolute atomic E-state index is 0.0176. The third-order valence-corrected chi connectivity index (χ3v) is 4.54. The van der Waals surface area contributed by atoms with Crippen LogP contribution >= 0.6 is 0 Å². The number of anilines is 1. The first-order valence-corrected chi connectivity index (χ1v) is 9.06. The molecule has 1 saturated heterocycles. The molecule has 0 unspecified atom stereocenters. The van der Waals surface area contributed by atoms with Crippen molar-refractivity contribution in [2.45, 2.75) is 13.3 Å². The molecule has 3 amide bonds. The average molecular weight is 405 g/mol.